The number of aryl methyl sites for hydroxylation is 1. The SMILES string of the molecule is CCOP(=O)(OCC)Oc1cc2oc(=O)cc(C)c2cc1-c1ccccc1. The minimum atomic E-state index is -3.81. The van der Waals surface area contributed by atoms with E-state index in [4.69, 9.17) is 18.0 Å². The molecule has 3 rings (SSSR count). The Morgan fingerprint density at radius 2 is 1.67 bits per heavy atom. The van der Waals surface area contributed by atoms with Crippen molar-refractivity contribution < 1.29 is 22.6 Å². The van der Waals surface area contributed by atoms with Gasteiger partial charge in [0.05, 0.1) is 13.2 Å². The Labute approximate surface area is 157 Å². The zero-order valence-electron chi connectivity index (χ0n) is 15.4. The topological polar surface area (TPSA) is 75.0 Å². The zero-order valence-corrected chi connectivity index (χ0v) is 16.3. The van der Waals surface area contributed by atoms with Gasteiger partial charge in [0.15, 0.2) is 0 Å². The first-order valence-electron chi connectivity index (χ1n) is 8.68. The Kier molecular flexibility index (Phi) is 5.80. The monoisotopic (exact) mass is 388 g/mol. The molecule has 0 bridgehead atoms. The van der Waals surface area contributed by atoms with Crippen molar-refractivity contribution in [2.45, 2.75) is 20.8 Å². The molecule has 1 aromatic heterocycles. The standard InChI is InChI=1S/C20H21O6P/c1-4-23-27(22,24-5-2)26-19-13-18-16(14(3)11-20(21)25-18)12-17(19)15-9-7-6-8-10-15/h6-13H,4-5H2,1-3H3. The molecule has 0 aliphatic heterocycles. The van der Waals surface area contributed by atoms with Crippen molar-refractivity contribution in [1.82, 2.24) is 0 Å². The van der Waals surface area contributed by atoms with E-state index >= 15 is 0 Å². The quantitative estimate of drug-likeness (QED) is 0.402. The van der Waals surface area contributed by atoms with Crippen LogP contribution in [0.15, 0.2) is 57.7 Å². The van der Waals surface area contributed by atoms with E-state index < -0.39 is 13.4 Å². The number of hydrogen-bond donors (Lipinski definition) is 0. The molecule has 0 spiro atoms. The Bertz CT molecular complexity index is 1030. The summed E-state index contributed by atoms with van der Waals surface area (Å²) in [4.78, 5) is 11.7. The predicted molar refractivity (Wildman–Crippen MR) is 104 cm³/mol. The van der Waals surface area contributed by atoms with E-state index in [0.29, 0.717) is 11.1 Å². The van der Waals surface area contributed by atoms with Crippen LogP contribution in [-0.4, -0.2) is 13.2 Å². The third kappa shape index (κ3) is 4.30. The lowest BCUT2D eigenvalue weighted by Crippen LogP contribution is -2.04. The largest absolute Gasteiger partial charge is 0.530 e. The third-order valence-electron chi connectivity index (χ3n) is 3.92. The molecule has 6 nitrogen and oxygen atoms in total. The first-order chi connectivity index (χ1) is 13.0. The van der Waals surface area contributed by atoms with Crippen LogP contribution in [0.3, 0.4) is 0 Å². The Morgan fingerprint density at radius 3 is 2.30 bits per heavy atom. The van der Waals surface area contributed by atoms with E-state index in [1.54, 1.807) is 19.9 Å². The average molecular weight is 388 g/mol. The Morgan fingerprint density at radius 1 is 1.00 bits per heavy atom. The highest BCUT2D eigenvalue weighted by molar-refractivity contribution is 7.48. The molecule has 0 unspecified atom stereocenters. The first-order valence-corrected chi connectivity index (χ1v) is 10.1. The van der Waals surface area contributed by atoms with Crippen molar-refractivity contribution in [1.29, 1.82) is 0 Å². The fourth-order valence-electron chi connectivity index (χ4n) is 2.79. The number of rotatable bonds is 7. The Hall–Kier alpha value is -2.40. The van der Waals surface area contributed by atoms with Crippen LogP contribution in [-0.2, 0) is 13.6 Å². The number of benzene rings is 2. The van der Waals surface area contributed by atoms with Gasteiger partial charge in [-0.25, -0.2) is 9.36 Å². The highest BCUT2D eigenvalue weighted by atomic mass is 31.2. The molecule has 0 saturated carbocycles. The number of hydrogen-bond acceptors (Lipinski definition) is 6. The molecule has 7 heteroatoms. The third-order valence-corrected chi connectivity index (χ3v) is 5.49. The van der Waals surface area contributed by atoms with E-state index in [9.17, 15) is 9.36 Å². The summed E-state index contributed by atoms with van der Waals surface area (Å²) in [6.07, 6.45) is 0. The average Bonchev–Trinajstić information content (AvgIpc) is 2.62. The summed E-state index contributed by atoms with van der Waals surface area (Å²) in [7, 11) is -3.81. The summed E-state index contributed by atoms with van der Waals surface area (Å²) in [5.74, 6) is 0.257. The van der Waals surface area contributed by atoms with Gasteiger partial charge in [0.25, 0.3) is 0 Å². The summed E-state index contributed by atoms with van der Waals surface area (Å²) in [6.45, 7) is 5.57. The number of phosphoric ester groups is 1. The number of phosphoric acid groups is 1. The van der Waals surface area contributed by atoms with Crippen LogP contribution in [0.5, 0.6) is 5.75 Å². The van der Waals surface area contributed by atoms with Crippen LogP contribution in [0.2, 0.25) is 0 Å². The molecule has 0 fully saturated rings. The van der Waals surface area contributed by atoms with Crippen molar-refractivity contribution in [3.63, 3.8) is 0 Å². The molecule has 0 N–H and O–H groups in total. The van der Waals surface area contributed by atoms with E-state index in [1.807, 2.05) is 43.3 Å². The summed E-state index contributed by atoms with van der Waals surface area (Å²) in [5, 5.41) is 0.767. The molecule has 0 atom stereocenters. The molecule has 0 saturated heterocycles. The highest BCUT2D eigenvalue weighted by Crippen LogP contribution is 2.51. The minimum Gasteiger partial charge on any atom is -0.423 e. The second kappa shape index (κ2) is 8.09. The lowest BCUT2D eigenvalue weighted by molar-refractivity contribution is 0.168. The van der Waals surface area contributed by atoms with Gasteiger partial charge in [-0.1, -0.05) is 30.3 Å². The molecule has 0 aliphatic carbocycles. The van der Waals surface area contributed by atoms with Crippen LogP contribution in [0, 0.1) is 6.92 Å². The molecule has 27 heavy (non-hydrogen) atoms. The first kappa shape index (κ1) is 19.4. The predicted octanol–water partition coefficient (Wildman–Crippen LogP) is 5.33. The van der Waals surface area contributed by atoms with Crippen molar-refractivity contribution in [3.05, 3.63) is 64.5 Å². The van der Waals surface area contributed by atoms with Crippen molar-refractivity contribution in [2.24, 2.45) is 0 Å². The van der Waals surface area contributed by atoms with Crippen molar-refractivity contribution in [3.8, 4) is 16.9 Å². The van der Waals surface area contributed by atoms with Crippen LogP contribution >= 0.6 is 7.82 Å². The van der Waals surface area contributed by atoms with Gasteiger partial charge in [0.2, 0.25) is 0 Å². The van der Waals surface area contributed by atoms with E-state index in [1.165, 1.54) is 6.07 Å². The maximum absolute atomic E-state index is 12.9. The summed E-state index contributed by atoms with van der Waals surface area (Å²) < 4.78 is 34.4. The fraction of sp³-hybridized carbons (Fsp3) is 0.250. The van der Waals surface area contributed by atoms with Crippen LogP contribution < -0.4 is 10.1 Å². The molecular formula is C20H21O6P. The van der Waals surface area contributed by atoms with Crippen molar-refractivity contribution >= 4 is 18.8 Å². The second-order valence-corrected chi connectivity index (χ2v) is 7.43. The summed E-state index contributed by atoms with van der Waals surface area (Å²) in [5.41, 5.74) is 2.22. The van der Waals surface area contributed by atoms with Crippen LogP contribution in [0.4, 0.5) is 0 Å². The maximum Gasteiger partial charge on any atom is 0.530 e. The normalized spacial score (nSPS) is 11.7. The molecule has 142 valence electrons. The lowest BCUT2D eigenvalue weighted by Gasteiger charge is -2.19. The van der Waals surface area contributed by atoms with Gasteiger partial charge in [-0.2, -0.15) is 0 Å². The van der Waals surface area contributed by atoms with Crippen LogP contribution in [0.1, 0.15) is 19.4 Å². The van der Waals surface area contributed by atoms with Gasteiger partial charge in [-0.05, 0) is 38.0 Å². The van der Waals surface area contributed by atoms with Crippen molar-refractivity contribution in [2.75, 3.05) is 13.2 Å². The van der Waals surface area contributed by atoms with Gasteiger partial charge in [-0.15, -0.1) is 0 Å². The smallest absolute Gasteiger partial charge is 0.423 e. The van der Waals surface area contributed by atoms with E-state index in [2.05, 4.69) is 0 Å². The Balaban J connectivity index is 2.22. The van der Waals surface area contributed by atoms with Gasteiger partial charge in [0, 0.05) is 23.1 Å². The molecular weight excluding hydrogens is 367 g/mol. The molecule has 3 aromatic rings. The minimum absolute atomic E-state index is 0.166. The van der Waals surface area contributed by atoms with Gasteiger partial charge < -0.3 is 8.94 Å². The highest BCUT2D eigenvalue weighted by Gasteiger charge is 2.29. The van der Waals surface area contributed by atoms with Gasteiger partial charge >= 0.3 is 13.4 Å². The molecule has 2 aromatic carbocycles. The maximum atomic E-state index is 12.9. The van der Waals surface area contributed by atoms with Gasteiger partial charge in [0.1, 0.15) is 11.3 Å². The van der Waals surface area contributed by atoms with Gasteiger partial charge in [-0.3, -0.25) is 9.05 Å². The fourth-order valence-corrected chi connectivity index (χ4v) is 4.00. The summed E-state index contributed by atoms with van der Waals surface area (Å²) in [6, 6.07) is 14.3. The molecule has 1 heterocycles. The van der Waals surface area contributed by atoms with E-state index in [-0.39, 0.29) is 19.0 Å². The number of fused-ring (bicyclic) bond motifs is 1. The van der Waals surface area contributed by atoms with Crippen LogP contribution in [0.25, 0.3) is 22.1 Å². The second-order valence-electron chi connectivity index (χ2n) is 5.83. The van der Waals surface area contributed by atoms with E-state index in [0.717, 1.165) is 16.5 Å². The lowest BCUT2D eigenvalue weighted by atomic mass is 10.0. The molecule has 0 aliphatic rings. The summed E-state index contributed by atoms with van der Waals surface area (Å²) >= 11 is 0. The zero-order chi connectivity index (χ0) is 19.4. The molecule has 0 radical (unpaired) electrons. The molecule has 0 amide bonds.